The number of β-amino-alcohol motifs (C(OH)–C–C–N with tert-alkyl or cyclic N) is 1. The predicted molar refractivity (Wildman–Crippen MR) is 130 cm³/mol. The molecule has 1 aliphatic rings. The van der Waals surface area contributed by atoms with Crippen LogP contribution in [0.4, 0.5) is 15.9 Å². The lowest BCUT2D eigenvalue weighted by atomic mass is 10.1. The molecule has 0 bridgehead atoms. The van der Waals surface area contributed by atoms with E-state index in [9.17, 15) is 14.3 Å². The number of aliphatic hydroxyl groups is 1. The molecule has 0 aromatic carbocycles. The second-order valence-electron chi connectivity index (χ2n) is 9.38. The first-order valence-electron chi connectivity index (χ1n) is 11.7. The van der Waals surface area contributed by atoms with Gasteiger partial charge in [0.15, 0.2) is 5.65 Å². The van der Waals surface area contributed by atoms with Gasteiger partial charge in [-0.05, 0) is 44.4 Å². The summed E-state index contributed by atoms with van der Waals surface area (Å²) < 4.78 is 15.7. The van der Waals surface area contributed by atoms with E-state index in [4.69, 9.17) is 5.10 Å². The highest BCUT2D eigenvalue weighted by molar-refractivity contribution is 6.00. The largest absolute Gasteiger partial charge is 0.391 e. The topological polar surface area (TPSA) is 108 Å². The Morgan fingerprint density at radius 3 is 2.71 bits per heavy atom. The van der Waals surface area contributed by atoms with Gasteiger partial charge in [-0.1, -0.05) is 13.8 Å². The summed E-state index contributed by atoms with van der Waals surface area (Å²) >= 11 is 0. The molecule has 0 aliphatic carbocycles. The molecule has 1 fully saturated rings. The van der Waals surface area contributed by atoms with Crippen molar-refractivity contribution in [3.63, 3.8) is 0 Å². The average Bonchev–Trinajstić information content (AvgIpc) is 3.42. The van der Waals surface area contributed by atoms with Crippen LogP contribution in [0.3, 0.4) is 0 Å². The van der Waals surface area contributed by atoms with E-state index in [1.54, 1.807) is 30.6 Å². The van der Waals surface area contributed by atoms with Crippen LogP contribution < -0.4 is 15.5 Å². The van der Waals surface area contributed by atoms with Crippen molar-refractivity contribution in [3.05, 3.63) is 36.2 Å². The first kappa shape index (κ1) is 23.9. The van der Waals surface area contributed by atoms with Gasteiger partial charge in [-0.3, -0.25) is 9.78 Å². The van der Waals surface area contributed by atoms with Crippen LogP contribution in [0.5, 0.6) is 0 Å². The van der Waals surface area contributed by atoms with Gasteiger partial charge in [-0.2, -0.15) is 0 Å². The third-order valence-corrected chi connectivity index (χ3v) is 5.87. The third kappa shape index (κ3) is 5.11. The maximum atomic E-state index is 14.0. The maximum absolute atomic E-state index is 14.0. The Bertz CT molecular complexity index is 1160. The van der Waals surface area contributed by atoms with Crippen molar-refractivity contribution in [1.82, 2.24) is 24.9 Å². The van der Waals surface area contributed by atoms with Crippen molar-refractivity contribution < 1.29 is 14.3 Å². The Labute approximate surface area is 198 Å². The summed E-state index contributed by atoms with van der Waals surface area (Å²) in [5.41, 5.74) is 2.90. The lowest BCUT2D eigenvalue weighted by Crippen LogP contribution is -2.33. The van der Waals surface area contributed by atoms with E-state index in [0.717, 1.165) is 12.4 Å². The van der Waals surface area contributed by atoms with Crippen LogP contribution in [0.2, 0.25) is 0 Å². The van der Waals surface area contributed by atoms with Crippen LogP contribution in [0.1, 0.15) is 44.5 Å². The number of hydrogen-bond donors (Lipinski definition) is 3. The van der Waals surface area contributed by atoms with Crippen molar-refractivity contribution in [3.8, 4) is 11.4 Å². The van der Waals surface area contributed by atoms with Gasteiger partial charge in [-0.15, -0.1) is 5.10 Å². The Balaban J connectivity index is 1.65. The molecule has 9 nitrogen and oxygen atoms in total. The lowest BCUT2D eigenvalue weighted by molar-refractivity contribution is 0.0935. The first-order chi connectivity index (χ1) is 16.2. The van der Waals surface area contributed by atoms with Crippen LogP contribution >= 0.6 is 0 Å². The number of hydrogen-bond acceptors (Lipinski definition) is 7. The summed E-state index contributed by atoms with van der Waals surface area (Å²) in [5.74, 6) is 0.202. The standard InChI is InChI=1S/C24H32FN7O2/c1-14(2)18(25)11-28-24(34)17-10-26-20(9-19(17)29-15(3)4)21-12-27-22-5-6-23(30-32(21)22)31-8-7-16(33)13-31/h5-6,9-10,12,14-16,18,33H,7-8,11,13H2,1-4H3,(H,26,29)(H,28,34). The van der Waals surface area contributed by atoms with Gasteiger partial charge in [0.25, 0.3) is 5.91 Å². The summed E-state index contributed by atoms with van der Waals surface area (Å²) in [6, 6.07) is 5.64. The Hall–Kier alpha value is -3.27. The molecular formula is C24H32FN7O2. The summed E-state index contributed by atoms with van der Waals surface area (Å²) in [5, 5.41) is 20.6. The molecule has 0 spiro atoms. The monoisotopic (exact) mass is 469 g/mol. The van der Waals surface area contributed by atoms with Crippen molar-refractivity contribution in [2.45, 2.75) is 52.4 Å². The Morgan fingerprint density at radius 2 is 2.03 bits per heavy atom. The summed E-state index contributed by atoms with van der Waals surface area (Å²) in [4.78, 5) is 23.8. The molecule has 4 heterocycles. The second kappa shape index (κ2) is 9.92. The molecule has 1 saturated heterocycles. The molecule has 4 rings (SSSR count). The average molecular weight is 470 g/mol. The van der Waals surface area contributed by atoms with Crippen LogP contribution in [-0.4, -0.2) is 68.5 Å². The van der Waals surface area contributed by atoms with Crippen LogP contribution in [0, 0.1) is 5.92 Å². The van der Waals surface area contributed by atoms with E-state index < -0.39 is 6.17 Å². The molecule has 0 saturated carbocycles. The van der Waals surface area contributed by atoms with Crippen molar-refractivity contribution in [2.24, 2.45) is 5.92 Å². The minimum atomic E-state index is -1.12. The Kier molecular flexibility index (Phi) is 6.97. The number of amides is 1. The van der Waals surface area contributed by atoms with Crippen LogP contribution in [-0.2, 0) is 0 Å². The highest BCUT2D eigenvalue weighted by Crippen LogP contribution is 2.26. The van der Waals surface area contributed by atoms with Crippen molar-refractivity contribution >= 4 is 23.1 Å². The molecule has 10 heteroatoms. The van der Waals surface area contributed by atoms with Gasteiger partial charge in [0.1, 0.15) is 17.7 Å². The molecule has 0 radical (unpaired) electrons. The number of aromatic nitrogens is 4. The highest BCUT2D eigenvalue weighted by atomic mass is 19.1. The second-order valence-corrected chi connectivity index (χ2v) is 9.38. The number of pyridine rings is 1. The van der Waals surface area contributed by atoms with Gasteiger partial charge in [0, 0.05) is 31.9 Å². The number of carbonyl (C=O) groups excluding carboxylic acids is 1. The van der Waals surface area contributed by atoms with E-state index >= 15 is 0 Å². The molecule has 3 aromatic heterocycles. The lowest BCUT2D eigenvalue weighted by Gasteiger charge is -2.18. The molecule has 1 amide bonds. The minimum absolute atomic E-state index is 0.0511. The summed E-state index contributed by atoms with van der Waals surface area (Å²) in [6.07, 6.45) is 2.44. The number of fused-ring (bicyclic) bond motifs is 1. The van der Waals surface area contributed by atoms with E-state index in [1.165, 1.54) is 6.20 Å². The molecule has 2 unspecified atom stereocenters. The number of nitrogens with zero attached hydrogens (tertiary/aromatic N) is 5. The first-order valence-corrected chi connectivity index (χ1v) is 11.7. The maximum Gasteiger partial charge on any atom is 0.255 e. The number of aliphatic hydroxyl groups excluding tert-OH is 1. The minimum Gasteiger partial charge on any atom is -0.391 e. The van der Waals surface area contributed by atoms with Gasteiger partial charge >= 0.3 is 0 Å². The number of nitrogens with one attached hydrogen (secondary N) is 2. The van der Waals surface area contributed by atoms with E-state index in [1.807, 2.05) is 30.9 Å². The zero-order valence-electron chi connectivity index (χ0n) is 20.0. The van der Waals surface area contributed by atoms with Crippen molar-refractivity contribution in [1.29, 1.82) is 0 Å². The molecule has 3 N–H and O–H groups in total. The number of alkyl halides is 1. The molecule has 3 aromatic rings. The molecule has 182 valence electrons. The van der Waals surface area contributed by atoms with E-state index in [2.05, 4.69) is 20.6 Å². The number of rotatable bonds is 8. The van der Waals surface area contributed by atoms with Gasteiger partial charge in [0.05, 0.1) is 29.2 Å². The van der Waals surface area contributed by atoms with Gasteiger partial charge in [0.2, 0.25) is 0 Å². The quantitative estimate of drug-likeness (QED) is 0.466. The number of imidazole rings is 1. The fraction of sp³-hybridized carbons (Fsp3) is 0.500. The van der Waals surface area contributed by atoms with Crippen LogP contribution in [0.15, 0.2) is 30.6 Å². The normalized spacial score (nSPS) is 17.1. The molecule has 1 aliphatic heterocycles. The Morgan fingerprint density at radius 1 is 1.24 bits per heavy atom. The third-order valence-electron chi connectivity index (χ3n) is 5.87. The van der Waals surface area contributed by atoms with Gasteiger partial charge in [-0.25, -0.2) is 13.9 Å². The zero-order chi connectivity index (χ0) is 24.4. The molecule has 2 atom stereocenters. The fourth-order valence-corrected chi connectivity index (χ4v) is 3.88. The summed E-state index contributed by atoms with van der Waals surface area (Å²) in [7, 11) is 0. The van der Waals surface area contributed by atoms with E-state index in [-0.39, 0.29) is 30.5 Å². The molecule has 34 heavy (non-hydrogen) atoms. The fourth-order valence-electron chi connectivity index (χ4n) is 3.88. The summed E-state index contributed by atoms with van der Waals surface area (Å²) in [6.45, 7) is 8.74. The van der Waals surface area contributed by atoms with E-state index in [0.29, 0.717) is 41.3 Å². The predicted octanol–water partition coefficient (Wildman–Crippen LogP) is 2.91. The molecular weight excluding hydrogens is 437 g/mol. The van der Waals surface area contributed by atoms with Crippen LogP contribution in [0.25, 0.3) is 17.0 Å². The zero-order valence-corrected chi connectivity index (χ0v) is 20.0. The van der Waals surface area contributed by atoms with Crippen molar-refractivity contribution in [2.75, 3.05) is 29.9 Å². The smallest absolute Gasteiger partial charge is 0.255 e. The SMILES string of the molecule is CC(C)Nc1cc(-c2cnc3ccc(N4CCC(O)C4)nn23)ncc1C(=O)NCC(F)C(C)C. The number of carbonyl (C=O) groups is 1. The number of anilines is 2. The number of halogens is 1. The van der Waals surface area contributed by atoms with Gasteiger partial charge < -0.3 is 20.6 Å². The highest BCUT2D eigenvalue weighted by Gasteiger charge is 2.23.